The minimum Gasteiger partial charge on any atom is -0.398 e. The third kappa shape index (κ3) is 6.66. The molecule has 1 atom stereocenters. The first kappa shape index (κ1) is 24.5. The Bertz CT molecular complexity index is 968. The van der Waals surface area contributed by atoms with Crippen molar-refractivity contribution in [1.82, 2.24) is 10.3 Å². The van der Waals surface area contributed by atoms with Crippen LogP contribution in [-0.2, 0) is 4.74 Å². The van der Waals surface area contributed by atoms with Gasteiger partial charge in [-0.05, 0) is 44.1 Å². The van der Waals surface area contributed by atoms with Crippen molar-refractivity contribution in [3.8, 4) is 0 Å². The van der Waals surface area contributed by atoms with E-state index in [4.69, 9.17) is 16.2 Å². The number of hydrogen-bond acceptors (Lipinski definition) is 6. The molecule has 1 saturated carbocycles. The Balaban J connectivity index is 1.57. The van der Waals surface area contributed by atoms with Gasteiger partial charge in [0.05, 0.1) is 23.8 Å². The van der Waals surface area contributed by atoms with E-state index in [1.165, 1.54) is 6.20 Å². The zero-order chi connectivity index (χ0) is 24.0. The maximum atomic E-state index is 12.5. The monoisotopic (exact) mass is 454 g/mol. The Kier molecular flexibility index (Phi) is 7.88. The van der Waals surface area contributed by atoms with Crippen LogP contribution in [0.15, 0.2) is 47.6 Å². The molecule has 2 amide bonds. The van der Waals surface area contributed by atoms with Gasteiger partial charge in [0.1, 0.15) is 11.7 Å². The van der Waals surface area contributed by atoms with Gasteiger partial charge in [-0.25, -0.2) is 9.78 Å². The predicted molar refractivity (Wildman–Crippen MR) is 130 cm³/mol. The quantitative estimate of drug-likeness (QED) is 0.291. The van der Waals surface area contributed by atoms with Gasteiger partial charge in [0.25, 0.3) is 0 Å². The Morgan fingerprint density at radius 3 is 2.64 bits per heavy atom. The lowest BCUT2D eigenvalue weighted by Gasteiger charge is -2.42. The smallest absolute Gasteiger partial charge is 0.320 e. The summed E-state index contributed by atoms with van der Waals surface area (Å²) in [6.07, 6.45) is 3.37. The van der Waals surface area contributed by atoms with Crippen LogP contribution in [-0.4, -0.2) is 47.8 Å². The average Bonchev–Trinajstić information content (AvgIpc) is 2.72. The van der Waals surface area contributed by atoms with Crippen LogP contribution in [0.3, 0.4) is 0 Å². The molecule has 1 aliphatic carbocycles. The fourth-order valence-corrected chi connectivity index (χ4v) is 3.91. The normalized spacial score (nSPS) is 19.5. The van der Waals surface area contributed by atoms with Crippen molar-refractivity contribution in [1.29, 1.82) is 0 Å². The first-order chi connectivity index (χ1) is 15.7. The molecular formula is C24H34N6O3. The van der Waals surface area contributed by atoms with E-state index >= 15 is 0 Å². The van der Waals surface area contributed by atoms with Crippen LogP contribution in [0.5, 0.6) is 0 Å². The molecule has 2 aromatic rings. The number of rotatable bonds is 9. The number of aliphatic imine (C=N–C) groups is 1. The van der Waals surface area contributed by atoms with Crippen LogP contribution in [0, 0.1) is 11.8 Å². The fraction of sp³-hybridized carbons (Fsp3) is 0.458. The molecule has 1 heterocycles. The Morgan fingerprint density at radius 2 is 2.03 bits per heavy atom. The van der Waals surface area contributed by atoms with Crippen LogP contribution < -0.4 is 22.1 Å². The molecule has 1 aromatic carbocycles. The second kappa shape index (κ2) is 10.6. The SMILES string of the molecule is COC[C@@H](NC(=O)Nc1cc(N)c(C(N)=NCC2CC(C(C)(C)O)C2)cn1)c1ccccc1. The molecule has 9 nitrogen and oxygen atoms in total. The van der Waals surface area contributed by atoms with E-state index in [0.717, 1.165) is 18.4 Å². The van der Waals surface area contributed by atoms with Crippen LogP contribution in [0.4, 0.5) is 16.3 Å². The van der Waals surface area contributed by atoms with Crippen molar-refractivity contribution in [2.24, 2.45) is 22.6 Å². The maximum absolute atomic E-state index is 12.5. The van der Waals surface area contributed by atoms with Crippen molar-refractivity contribution in [3.63, 3.8) is 0 Å². The number of nitrogen functional groups attached to an aromatic ring is 1. The molecular weight excluding hydrogens is 420 g/mol. The maximum Gasteiger partial charge on any atom is 0.320 e. The number of amides is 2. The summed E-state index contributed by atoms with van der Waals surface area (Å²) in [5.74, 6) is 1.32. The lowest BCUT2D eigenvalue weighted by molar-refractivity contribution is -0.0406. The number of urea groups is 1. The number of carbonyl (C=O) groups excluding carboxylic acids is 1. The molecule has 1 fully saturated rings. The highest BCUT2D eigenvalue weighted by Gasteiger charge is 2.38. The molecule has 0 bridgehead atoms. The highest BCUT2D eigenvalue weighted by atomic mass is 16.5. The number of nitrogens with two attached hydrogens (primary N) is 2. The van der Waals surface area contributed by atoms with Gasteiger partial charge in [0, 0.05) is 31.6 Å². The molecule has 3 rings (SSSR count). The molecule has 9 heteroatoms. The number of amidine groups is 1. The average molecular weight is 455 g/mol. The molecule has 0 aliphatic heterocycles. The van der Waals surface area contributed by atoms with Gasteiger partial charge in [-0.15, -0.1) is 0 Å². The van der Waals surface area contributed by atoms with E-state index in [9.17, 15) is 9.90 Å². The highest BCUT2D eigenvalue weighted by molar-refractivity contribution is 6.02. The van der Waals surface area contributed by atoms with Gasteiger partial charge in [-0.3, -0.25) is 10.3 Å². The van der Waals surface area contributed by atoms with Gasteiger partial charge < -0.3 is 26.6 Å². The van der Waals surface area contributed by atoms with E-state index in [0.29, 0.717) is 47.9 Å². The predicted octanol–water partition coefficient (Wildman–Crippen LogP) is 2.68. The van der Waals surface area contributed by atoms with E-state index in [2.05, 4.69) is 20.6 Å². The summed E-state index contributed by atoms with van der Waals surface area (Å²) >= 11 is 0. The van der Waals surface area contributed by atoms with E-state index in [1.54, 1.807) is 13.2 Å². The summed E-state index contributed by atoms with van der Waals surface area (Å²) in [6.45, 7) is 4.59. The molecule has 0 radical (unpaired) electrons. The van der Waals surface area contributed by atoms with Crippen molar-refractivity contribution >= 4 is 23.4 Å². The number of aromatic nitrogens is 1. The number of anilines is 2. The number of pyridine rings is 1. The third-order valence-corrected chi connectivity index (χ3v) is 6.05. The Labute approximate surface area is 194 Å². The standard InChI is InChI=1S/C24H34N6O3/c1-24(2,32)17-9-15(10-17)12-28-22(26)18-13-27-21(11-19(18)25)30-23(31)29-20(14-33-3)16-7-5-4-6-8-16/h4-8,11,13,15,17,20,32H,9-10,12,14H2,1-3H3,(H2,26,28)(H4,25,27,29,30,31)/t15?,17?,20-/m1/s1. The van der Waals surface area contributed by atoms with E-state index < -0.39 is 11.6 Å². The van der Waals surface area contributed by atoms with Crippen molar-refractivity contribution in [2.45, 2.75) is 38.3 Å². The topological polar surface area (TPSA) is 148 Å². The molecule has 33 heavy (non-hydrogen) atoms. The summed E-state index contributed by atoms with van der Waals surface area (Å²) < 4.78 is 5.23. The van der Waals surface area contributed by atoms with Gasteiger partial charge in [0.15, 0.2) is 0 Å². The largest absolute Gasteiger partial charge is 0.398 e. The molecule has 0 spiro atoms. The Hall–Kier alpha value is -3.17. The fourth-order valence-electron chi connectivity index (χ4n) is 3.91. The third-order valence-electron chi connectivity index (χ3n) is 6.05. The van der Waals surface area contributed by atoms with E-state index in [-0.39, 0.29) is 6.04 Å². The second-order valence-electron chi connectivity index (χ2n) is 9.09. The summed E-state index contributed by atoms with van der Waals surface area (Å²) in [6, 6.07) is 10.4. The lowest BCUT2D eigenvalue weighted by Crippen LogP contribution is -2.41. The zero-order valence-corrected chi connectivity index (χ0v) is 19.4. The number of aliphatic hydroxyl groups is 1. The molecule has 7 N–H and O–H groups in total. The van der Waals surface area contributed by atoms with Crippen LogP contribution in [0.1, 0.15) is 43.9 Å². The zero-order valence-electron chi connectivity index (χ0n) is 19.4. The Morgan fingerprint density at radius 1 is 1.33 bits per heavy atom. The van der Waals surface area contributed by atoms with Gasteiger partial charge in [-0.2, -0.15) is 0 Å². The number of nitrogens with zero attached hydrogens (tertiary/aromatic N) is 2. The summed E-state index contributed by atoms with van der Waals surface area (Å²) in [7, 11) is 1.58. The minimum atomic E-state index is -0.653. The van der Waals surface area contributed by atoms with Crippen molar-refractivity contribution in [2.75, 3.05) is 31.3 Å². The number of nitrogens with one attached hydrogen (secondary N) is 2. The first-order valence-corrected chi connectivity index (χ1v) is 11.1. The first-order valence-electron chi connectivity index (χ1n) is 11.1. The van der Waals surface area contributed by atoms with Crippen LogP contribution >= 0.6 is 0 Å². The van der Waals surface area contributed by atoms with Crippen molar-refractivity contribution in [3.05, 3.63) is 53.7 Å². The minimum absolute atomic E-state index is 0.299. The number of carbonyl (C=O) groups is 1. The molecule has 178 valence electrons. The highest BCUT2D eigenvalue weighted by Crippen LogP contribution is 2.40. The number of methoxy groups -OCH3 is 1. The van der Waals surface area contributed by atoms with Gasteiger partial charge in [0.2, 0.25) is 0 Å². The number of ether oxygens (including phenoxy) is 1. The number of benzene rings is 1. The van der Waals surface area contributed by atoms with Crippen LogP contribution in [0.2, 0.25) is 0 Å². The summed E-state index contributed by atoms with van der Waals surface area (Å²) in [5, 5.41) is 15.6. The number of hydrogen-bond donors (Lipinski definition) is 5. The molecule has 0 unspecified atom stereocenters. The van der Waals surface area contributed by atoms with Gasteiger partial charge in [-0.1, -0.05) is 30.3 Å². The molecule has 1 aromatic heterocycles. The van der Waals surface area contributed by atoms with Gasteiger partial charge >= 0.3 is 6.03 Å². The summed E-state index contributed by atoms with van der Waals surface area (Å²) in [5.41, 5.74) is 13.5. The molecule has 0 saturated heterocycles. The second-order valence-corrected chi connectivity index (χ2v) is 9.09. The van der Waals surface area contributed by atoms with E-state index in [1.807, 2.05) is 44.2 Å². The summed E-state index contributed by atoms with van der Waals surface area (Å²) in [4.78, 5) is 21.2. The molecule has 1 aliphatic rings. The van der Waals surface area contributed by atoms with Crippen LogP contribution in [0.25, 0.3) is 0 Å². The van der Waals surface area contributed by atoms with Crippen molar-refractivity contribution < 1.29 is 14.6 Å². The lowest BCUT2D eigenvalue weighted by atomic mass is 9.67.